The minimum absolute atomic E-state index is 0.0640. The van der Waals surface area contributed by atoms with Gasteiger partial charge >= 0.3 is 5.97 Å². The first-order chi connectivity index (χ1) is 20.4. The van der Waals surface area contributed by atoms with Gasteiger partial charge in [-0.3, -0.25) is 9.59 Å². The number of hydrogen-bond acceptors (Lipinski definition) is 9. The van der Waals surface area contributed by atoms with Crippen molar-refractivity contribution in [1.82, 2.24) is 14.9 Å². The van der Waals surface area contributed by atoms with E-state index >= 15 is 0 Å². The second kappa shape index (κ2) is 14.1. The number of aromatic nitrogens is 2. The van der Waals surface area contributed by atoms with E-state index in [4.69, 9.17) is 26.1 Å². The molecule has 222 valence electrons. The number of carbonyl (C=O) groups is 2. The summed E-state index contributed by atoms with van der Waals surface area (Å²) in [6.45, 7) is 6.56. The van der Waals surface area contributed by atoms with Crippen LogP contribution in [-0.4, -0.2) is 79.7 Å². The Morgan fingerprint density at radius 2 is 1.76 bits per heavy atom. The second-order valence-electron chi connectivity index (χ2n) is 10.3. The maximum atomic E-state index is 13.3. The van der Waals surface area contributed by atoms with Crippen LogP contribution >= 0.6 is 23.4 Å². The highest BCUT2D eigenvalue weighted by atomic mass is 35.5. The summed E-state index contributed by atoms with van der Waals surface area (Å²) in [4.78, 5) is 41.1. The Kier molecular flexibility index (Phi) is 10.1. The van der Waals surface area contributed by atoms with Crippen molar-refractivity contribution in [3.05, 3.63) is 70.9 Å². The number of esters is 1. The summed E-state index contributed by atoms with van der Waals surface area (Å²) in [6.07, 6.45) is 1.54. The van der Waals surface area contributed by atoms with Gasteiger partial charge in [-0.25, -0.2) is 9.97 Å². The van der Waals surface area contributed by atoms with E-state index in [1.54, 1.807) is 18.9 Å². The zero-order valence-electron chi connectivity index (χ0n) is 24.0. The number of anilines is 2. The normalized spacial score (nSPS) is 17.2. The number of piperazine rings is 1. The molecule has 2 aromatic carbocycles. The number of methoxy groups -OCH3 is 1. The molecule has 2 saturated heterocycles. The molecule has 11 heteroatoms. The van der Waals surface area contributed by atoms with Crippen molar-refractivity contribution in [2.45, 2.75) is 30.7 Å². The molecule has 0 radical (unpaired) electrons. The third-order valence-electron chi connectivity index (χ3n) is 7.57. The van der Waals surface area contributed by atoms with Crippen molar-refractivity contribution >= 4 is 46.7 Å². The van der Waals surface area contributed by atoms with Gasteiger partial charge in [0, 0.05) is 62.3 Å². The fourth-order valence-electron chi connectivity index (χ4n) is 5.34. The molecule has 1 aromatic heterocycles. The van der Waals surface area contributed by atoms with Crippen molar-refractivity contribution in [3.8, 4) is 5.75 Å². The SMILES string of the molecule is CCOC(=O)C1CCCN(C(=O)c2cccc(CSc3nc(Cl)cc(N4CCN(c5ccc(OC)cc5)CC4)n3)c2)C1. The van der Waals surface area contributed by atoms with Gasteiger partial charge in [-0.05, 0) is 61.7 Å². The number of amides is 1. The van der Waals surface area contributed by atoms with E-state index in [0.29, 0.717) is 41.3 Å². The number of nitrogens with zero attached hydrogens (tertiary/aromatic N) is 5. The summed E-state index contributed by atoms with van der Waals surface area (Å²) in [6, 6.07) is 17.6. The topological polar surface area (TPSA) is 88.1 Å². The monoisotopic (exact) mass is 609 g/mol. The molecule has 0 spiro atoms. The van der Waals surface area contributed by atoms with Crippen molar-refractivity contribution in [3.63, 3.8) is 0 Å². The third-order valence-corrected chi connectivity index (χ3v) is 8.68. The third kappa shape index (κ3) is 7.46. The summed E-state index contributed by atoms with van der Waals surface area (Å²) >= 11 is 7.90. The van der Waals surface area contributed by atoms with Crippen molar-refractivity contribution < 1.29 is 19.1 Å². The van der Waals surface area contributed by atoms with Crippen molar-refractivity contribution in [2.75, 3.05) is 62.8 Å². The second-order valence-corrected chi connectivity index (χ2v) is 11.7. The van der Waals surface area contributed by atoms with Crippen LogP contribution in [0.25, 0.3) is 0 Å². The standard InChI is InChI=1S/C31H36ClN5O4S/c1-3-41-30(39)24-8-5-13-37(20-24)29(38)23-7-4-6-22(18-23)21-42-31-33-27(32)19-28(34-31)36-16-14-35(15-17-36)25-9-11-26(40-2)12-10-25/h4,6-7,9-12,18-19,24H,3,5,8,13-17,20-21H2,1-2H3. The largest absolute Gasteiger partial charge is 0.497 e. The van der Waals surface area contributed by atoms with Crippen LogP contribution in [0, 0.1) is 5.92 Å². The molecule has 9 nitrogen and oxygen atoms in total. The maximum Gasteiger partial charge on any atom is 0.310 e. The smallest absolute Gasteiger partial charge is 0.310 e. The molecule has 2 aliphatic rings. The average molecular weight is 610 g/mol. The molecule has 3 aromatic rings. The molecule has 42 heavy (non-hydrogen) atoms. The lowest BCUT2D eigenvalue weighted by Gasteiger charge is -2.36. The van der Waals surface area contributed by atoms with Crippen LogP contribution in [-0.2, 0) is 15.3 Å². The van der Waals surface area contributed by atoms with E-state index in [1.807, 2.05) is 42.5 Å². The highest BCUT2D eigenvalue weighted by molar-refractivity contribution is 7.98. The summed E-state index contributed by atoms with van der Waals surface area (Å²) in [5.41, 5.74) is 2.77. The van der Waals surface area contributed by atoms with E-state index in [2.05, 4.69) is 26.9 Å². The van der Waals surface area contributed by atoms with Crippen LogP contribution in [0.1, 0.15) is 35.7 Å². The molecular weight excluding hydrogens is 574 g/mol. The minimum atomic E-state index is -0.263. The minimum Gasteiger partial charge on any atom is -0.497 e. The van der Waals surface area contributed by atoms with Gasteiger partial charge in [0.25, 0.3) is 5.91 Å². The van der Waals surface area contributed by atoms with Gasteiger partial charge in [-0.1, -0.05) is 35.5 Å². The molecule has 0 saturated carbocycles. The van der Waals surface area contributed by atoms with Gasteiger partial charge < -0.3 is 24.2 Å². The van der Waals surface area contributed by atoms with E-state index in [1.165, 1.54) is 17.4 Å². The van der Waals surface area contributed by atoms with Gasteiger partial charge in [0.15, 0.2) is 5.16 Å². The Morgan fingerprint density at radius 3 is 2.50 bits per heavy atom. The van der Waals surface area contributed by atoms with Crippen LogP contribution in [0.5, 0.6) is 5.75 Å². The molecule has 1 unspecified atom stereocenters. The Hall–Kier alpha value is -3.50. The Balaban J connectivity index is 1.18. The first-order valence-corrected chi connectivity index (χ1v) is 15.7. The van der Waals surface area contributed by atoms with Crippen molar-refractivity contribution in [1.29, 1.82) is 0 Å². The number of rotatable bonds is 9. The molecule has 3 heterocycles. The van der Waals surface area contributed by atoms with Gasteiger partial charge in [0.05, 0.1) is 19.6 Å². The number of piperidine rings is 1. The molecule has 0 aliphatic carbocycles. The Labute approximate surface area is 256 Å². The van der Waals surface area contributed by atoms with Crippen LogP contribution in [0.4, 0.5) is 11.5 Å². The molecule has 5 rings (SSSR count). The Morgan fingerprint density at radius 1 is 1.00 bits per heavy atom. The fourth-order valence-corrected chi connectivity index (χ4v) is 6.36. The highest BCUT2D eigenvalue weighted by Crippen LogP contribution is 2.27. The lowest BCUT2D eigenvalue weighted by molar-refractivity contribution is -0.149. The molecule has 2 fully saturated rings. The average Bonchev–Trinajstić information content (AvgIpc) is 3.03. The summed E-state index contributed by atoms with van der Waals surface area (Å²) < 4.78 is 10.5. The number of hydrogen-bond donors (Lipinski definition) is 0. The number of thioether (sulfide) groups is 1. The summed E-state index contributed by atoms with van der Waals surface area (Å²) in [5, 5.41) is 1.00. The summed E-state index contributed by atoms with van der Waals surface area (Å²) in [7, 11) is 1.67. The van der Waals surface area contributed by atoms with E-state index < -0.39 is 0 Å². The first kappa shape index (κ1) is 30.0. The van der Waals surface area contributed by atoms with Crippen LogP contribution < -0.4 is 14.5 Å². The van der Waals surface area contributed by atoms with Crippen molar-refractivity contribution in [2.24, 2.45) is 5.92 Å². The van der Waals surface area contributed by atoms with E-state index in [-0.39, 0.29) is 17.8 Å². The van der Waals surface area contributed by atoms with Crippen LogP contribution in [0.15, 0.2) is 59.8 Å². The number of halogens is 1. The maximum absolute atomic E-state index is 13.3. The fraction of sp³-hybridized carbons (Fsp3) is 0.419. The molecule has 0 bridgehead atoms. The van der Waals surface area contributed by atoms with Gasteiger partial charge in [0.1, 0.15) is 16.7 Å². The zero-order chi connectivity index (χ0) is 29.5. The Bertz CT molecular complexity index is 1380. The zero-order valence-corrected chi connectivity index (χ0v) is 25.6. The lowest BCUT2D eigenvalue weighted by atomic mass is 9.97. The number of carbonyl (C=O) groups excluding carboxylic acids is 2. The lowest BCUT2D eigenvalue weighted by Crippen LogP contribution is -2.46. The molecule has 1 atom stereocenters. The first-order valence-electron chi connectivity index (χ1n) is 14.3. The van der Waals surface area contributed by atoms with Gasteiger partial charge in [-0.15, -0.1) is 0 Å². The van der Waals surface area contributed by atoms with Crippen LogP contribution in [0.3, 0.4) is 0 Å². The predicted octanol–water partition coefficient (Wildman–Crippen LogP) is 5.17. The molecule has 2 aliphatic heterocycles. The quantitative estimate of drug-likeness (QED) is 0.141. The number of likely N-dealkylation sites (tertiary alicyclic amines) is 1. The van der Waals surface area contributed by atoms with E-state index in [0.717, 1.165) is 56.2 Å². The van der Waals surface area contributed by atoms with Crippen LogP contribution in [0.2, 0.25) is 5.15 Å². The summed E-state index contributed by atoms with van der Waals surface area (Å²) in [5.74, 6) is 1.71. The highest BCUT2D eigenvalue weighted by Gasteiger charge is 2.30. The molecule has 1 amide bonds. The molecular formula is C31H36ClN5O4S. The molecule has 0 N–H and O–H groups in total. The van der Waals surface area contributed by atoms with Gasteiger partial charge in [0.2, 0.25) is 0 Å². The number of benzene rings is 2. The van der Waals surface area contributed by atoms with Gasteiger partial charge in [-0.2, -0.15) is 0 Å². The van der Waals surface area contributed by atoms with E-state index in [9.17, 15) is 9.59 Å². The number of ether oxygens (including phenoxy) is 2. The predicted molar refractivity (Wildman–Crippen MR) is 166 cm³/mol.